The molecule has 1 saturated heterocycles. The predicted octanol–water partition coefficient (Wildman–Crippen LogP) is 6.30. The van der Waals surface area contributed by atoms with E-state index in [9.17, 15) is 4.79 Å². The monoisotopic (exact) mass is 545 g/mol. The fraction of sp³-hybridized carbons (Fsp3) is 0.267. The number of carbonyl (C=O) groups excluding carboxylic acids is 1. The molecule has 5 rings (SSSR count). The van der Waals surface area contributed by atoms with Crippen molar-refractivity contribution in [2.45, 2.75) is 11.3 Å². The van der Waals surface area contributed by atoms with Crippen molar-refractivity contribution in [3.05, 3.63) is 89.4 Å². The number of fused-ring (bicyclic) bond motifs is 1. The summed E-state index contributed by atoms with van der Waals surface area (Å²) in [6.07, 6.45) is 2.95. The fourth-order valence-electron chi connectivity index (χ4n) is 4.78. The number of hydrogen-bond donors (Lipinski definition) is 2. The van der Waals surface area contributed by atoms with E-state index in [0.717, 1.165) is 60.8 Å². The Morgan fingerprint density at radius 1 is 0.974 bits per heavy atom. The highest BCUT2D eigenvalue weighted by atomic mass is 35.5. The van der Waals surface area contributed by atoms with E-state index in [2.05, 4.69) is 44.9 Å². The Morgan fingerprint density at radius 3 is 2.61 bits per heavy atom. The number of piperazine rings is 1. The van der Waals surface area contributed by atoms with Crippen molar-refractivity contribution < 1.29 is 4.79 Å². The van der Waals surface area contributed by atoms with E-state index in [1.165, 1.54) is 10.6 Å². The molecule has 1 aliphatic rings. The van der Waals surface area contributed by atoms with Gasteiger partial charge in [-0.05, 0) is 67.8 Å². The van der Waals surface area contributed by atoms with Gasteiger partial charge in [0.25, 0.3) is 5.91 Å². The topological polar surface area (TPSA) is 60.5 Å². The van der Waals surface area contributed by atoms with Crippen LogP contribution in [0, 0.1) is 0 Å². The molecule has 1 amide bonds. The molecule has 3 aromatic carbocycles. The maximum absolute atomic E-state index is 13.2. The predicted molar refractivity (Wildman–Crippen MR) is 160 cm³/mol. The number of amides is 1. The van der Waals surface area contributed by atoms with Crippen LogP contribution in [0.3, 0.4) is 0 Å². The molecular weight excluding hydrogens is 514 g/mol. The third kappa shape index (κ3) is 6.59. The molecule has 0 aliphatic carbocycles. The quantitative estimate of drug-likeness (QED) is 0.190. The highest BCUT2D eigenvalue weighted by molar-refractivity contribution is 7.98. The summed E-state index contributed by atoms with van der Waals surface area (Å²) in [5, 5.41) is 8.13. The molecule has 2 heterocycles. The van der Waals surface area contributed by atoms with Crippen molar-refractivity contribution in [3.8, 4) is 0 Å². The van der Waals surface area contributed by atoms with Crippen LogP contribution in [-0.2, 0) is 0 Å². The third-order valence-corrected chi connectivity index (χ3v) is 7.75. The van der Waals surface area contributed by atoms with E-state index in [-0.39, 0.29) is 5.91 Å². The van der Waals surface area contributed by atoms with Gasteiger partial charge < -0.3 is 15.5 Å². The highest BCUT2D eigenvalue weighted by Crippen LogP contribution is 2.26. The van der Waals surface area contributed by atoms with E-state index in [1.54, 1.807) is 11.8 Å². The lowest BCUT2D eigenvalue weighted by molar-refractivity contribution is 0.0953. The molecule has 196 valence electrons. The number of halogens is 1. The van der Waals surface area contributed by atoms with Crippen LogP contribution in [0.15, 0.2) is 83.8 Å². The maximum Gasteiger partial charge on any atom is 0.252 e. The number of aromatic nitrogens is 1. The summed E-state index contributed by atoms with van der Waals surface area (Å²) in [4.78, 5) is 24.0. The van der Waals surface area contributed by atoms with Crippen LogP contribution in [0.4, 0.5) is 17.2 Å². The zero-order chi connectivity index (χ0) is 26.3. The zero-order valence-electron chi connectivity index (χ0n) is 21.5. The van der Waals surface area contributed by atoms with Crippen LogP contribution in [0.5, 0.6) is 0 Å². The molecule has 1 aromatic heterocycles. The van der Waals surface area contributed by atoms with E-state index in [4.69, 9.17) is 16.6 Å². The van der Waals surface area contributed by atoms with Crippen LogP contribution in [0.2, 0.25) is 5.02 Å². The largest absolute Gasteiger partial charge is 0.369 e. The summed E-state index contributed by atoms with van der Waals surface area (Å²) >= 11 is 7.85. The second-order valence-electron chi connectivity index (χ2n) is 9.35. The lowest BCUT2D eigenvalue weighted by atomic mass is 10.1. The molecule has 0 saturated carbocycles. The first-order valence-corrected chi connectivity index (χ1v) is 14.5. The Kier molecular flexibility index (Phi) is 8.68. The minimum Gasteiger partial charge on any atom is -0.369 e. The normalized spacial score (nSPS) is 14.0. The third-order valence-electron chi connectivity index (χ3n) is 6.79. The van der Waals surface area contributed by atoms with Crippen molar-refractivity contribution >= 4 is 57.4 Å². The SMILES string of the molecule is CSc1cccc(Nc2cc(C(=O)NCCCN3CCN(c4cccc(Cl)c4)CC3)c3ccccc3n2)c1. The number of hydrogen-bond acceptors (Lipinski definition) is 6. The zero-order valence-corrected chi connectivity index (χ0v) is 23.1. The standard InChI is InChI=1S/C30H32ClN5OS/c1-38-25-10-5-8-23(20-25)33-29-21-27(26-11-2-3-12-28(26)34-29)30(37)32-13-6-14-35-15-17-36(18-16-35)24-9-4-7-22(31)19-24/h2-5,7-12,19-21H,6,13-18H2,1H3,(H,32,37)(H,33,34). The Balaban J connectivity index is 1.16. The maximum atomic E-state index is 13.2. The molecule has 0 unspecified atom stereocenters. The van der Waals surface area contributed by atoms with E-state index in [1.807, 2.05) is 60.7 Å². The molecular formula is C30H32ClN5OS. The smallest absolute Gasteiger partial charge is 0.252 e. The summed E-state index contributed by atoms with van der Waals surface area (Å²) in [7, 11) is 0. The van der Waals surface area contributed by atoms with Gasteiger partial charge in [-0.3, -0.25) is 9.69 Å². The number of nitrogens with zero attached hydrogens (tertiary/aromatic N) is 3. The molecule has 4 aromatic rings. The van der Waals surface area contributed by atoms with Gasteiger partial charge in [-0.1, -0.05) is 41.9 Å². The average molecular weight is 546 g/mol. The lowest BCUT2D eigenvalue weighted by Gasteiger charge is -2.36. The van der Waals surface area contributed by atoms with Crippen LogP contribution < -0.4 is 15.5 Å². The Morgan fingerprint density at radius 2 is 1.79 bits per heavy atom. The average Bonchev–Trinajstić information content (AvgIpc) is 2.95. The second-order valence-corrected chi connectivity index (χ2v) is 10.7. The van der Waals surface area contributed by atoms with Crippen LogP contribution in [0.1, 0.15) is 16.8 Å². The van der Waals surface area contributed by atoms with Gasteiger partial charge in [0.15, 0.2) is 0 Å². The van der Waals surface area contributed by atoms with Crippen molar-refractivity contribution in [1.29, 1.82) is 0 Å². The van der Waals surface area contributed by atoms with Gasteiger partial charge in [-0.25, -0.2) is 4.98 Å². The van der Waals surface area contributed by atoms with Gasteiger partial charge in [0.05, 0.1) is 11.1 Å². The van der Waals surface area contributed by atoms with Crippen LogP contribution in [-0.4, -0.2) is 61.3 Å². The van der Waals surface area contributed by atoms with Gasteiger partial charge in [0.2, 0.25) is 0 Å². The number of benzene rings is 3. The van der Waals surface area contributed by atoms with E-state index < -0.39 is 0 Å². The minimum atomic E-state index is -0.0738. The van der Waals surface area contributed by atoms with E-state index >= 15 is 0 Å². The number of rotatable bonds is 9. The highest BCUT2D eigenvalue weighted by Gasteiger charge is 2.18. The van der Waals surface area contributed by atoms with Gasteiger partial charge >= 0.3 is 0 Å². The molecule has 38 heavy (non-hydrogen) atoms. The van der Waals surface area contributed by atoms with Gasteiger partial charge in [0, 0.05) is 59.4 Å². The van der Waals surface area contributed by atoms with Crippen LogP contribution >= 0.6 is 23.4 Å². The Hall–Kier alpha value is -3.26. The molecule has 0 radical (unpaired) electrons. The van der Waals surface area contributed by atoms with Gasteiger partial charge in [-0.15, -0.1) is 11.8 Å². The van der Waals surface area contributed by atoms with Gasteiger partial charge in [0.1, 0.15) is 5.82 Å². The molecule has 8 heteroatoms. The first-order valence-electron chi connectivity index (χ1n) is 12.9. The van der Waals surface area contributed by atoms with Crippen molar-refractivity contribution in [3.63, 3.8) is 0 Å². The summed E-state index contributed by atoms with van der Waals surface area (Å²) in [6.45, 7) is 5.54. The second kappa shape index (κ2) is 12.5. The number of thioether (sulfide) groups is 1. The number of pyridine rings is 1. The molecule has 2 N–H and O–H groups in total. The van der Waals surface area contributed by atoms with Crippen molar-refractivity contribution in [2.24, 2.45) is 0 Å². The number of anilines is 3. The number of nitrogens with one attached hydrogen (secondary N) is 2. The summed E-state index contributed by atoms with van der Waals surface area (Å²) in [5.41, 5.74) is 3.55. The van der Waals surface area contributed by atoms with Crippen molar-refractivity contribution in [2.75, 3.05) is 55.7 Å². The molecule has 6 nitrogen and oxygen atoms in total. The minimum absolute atomic E-state index is 0.0738. The Labute approximate surface area is 233 Å². The van der Waals surface area contributed by atoms with Crippen LogP contribution in [0.25, 0.3) is 10.9 Å². The number of carbonyl (C=O) groups is 1. The molecule has 0 bridgehead atoms. The lowest BCUT2D eigenvalue weighted by Crippen LogP contribution is -2.47. The Bertz CT molecular complexity index is 1410. The number of para-hydroxylation sites is 1. The molecule has 1 aliphatic heterocycles. The molecule has 0 spiro atoms. The van der Waals surface area contributed by atoms with Gasteiger partial charge in [-0.2, -0.15) is 0 Å². The van der Waals surface area contributed by atoms with E-state index in [0.29, 0.717) is 17.9 Å². The summed E-state index contributed by atoms with van der Waals surface area (Å²) < 4.78 is 0. The molecule has 1 fully saturated rings. The summed E-state index contributed by atoms with van der Waals surface area (Å²) in [5.74, 6) is 0.583. The fourth-order valence-corrected chi connectivity index (χ4v) is 5.42. The first-order chi connectivity index (χ1) is 18.6. The first kappa shape index (κ1) is 26.4. The van der Waals surface area contributed by atoms with Crippen molar-refractivity contribution in [1.82, 2.24) is 15.2 Å². The molecule has 0 atom stereocenters. The summed E-state index contributed by atoms with van der Waals surface area (Å²) in [6, 6.07) is 25.8.